The number of rotatable bonds is 2. The van der Waals surface area contributed by atoms with Gasteiger partial charge in [-0.1, -0.05) is 6.92 Å². The Bertz CT molecular complexity index is 570. The van der Waals surface area contributed by atoms with E-state index in [-0.39, 0.29) is 5.63 Å². The predicted molar refractivity (Wildman–Crippen MR) is 66.2 cm³/mol. The van der Waals surface area contributed by atoms with Crippen LogP contribution in [0.5, 0.6) is 0 Å². The molecule has 1 aromatic carbocycles. The van der Waals surface area contributed by atoms with E-state index < -0.39 is 0 Å². The van der Waals surface area contributed by atoms with Gasteiger partial charge in [0.25, 0.3) is 0 Å². The molecule has 1 aromatic heterocycles. The van der Waals surface area contributed by atoms with Crippen LogP contribution in [-0.4, -0.2) is 14.1 Å². The number of nitrogens with zero attached hydrogens (tertiary/aromatic N) is 1. The summed E-state index contributed by atoms with van der Waals surface area (Å²) in [5, 5.41) is 0.974. The zero-order valence-electron chi connectivity index (χ0n) is 9.78. The average molecular weight is 217 g/mol. The van der Waals surface area contributed by atoms with Gasteiger partial charge in [-0.25, -0.2) is 4.79 Å². The first-order chi connectivity index (χ1) is 7.61. The quantitative estimate of drug-likeness (QED) is 0.724. The van der Waals surface area contributed by atoms with Crippen molar-refractivity contribution >= 4 is 16.7 Å². The Morgan fingerprint density at radius 3 is 2.62 bits per heavy atom. The molecule has 2 aromatic rings. The molecule has 0 N–H and O–H groups in total. The Labute approximate surface area is 94.3 Å². The first-order valence-corrected chi connectivity index (χ1v) is 5.36. The molecule has 0 aliphatic carbocycles. The van der Waals surface area contributed by atoms with Crippen molar-refractivity contribution in [3.63, 3.8) is 0 Å². The van der Waals surface area contributed by atoms with Gasteiger partial charge >= 0.3 is 5.63 Å². The Hall–Kier alpha value is -1.77. The van der Waals surface area contributed by atoms with E-state index in [9.17, 15) is 4.79 Å². The maximum atomic E-state index is 11.6. The number of anilines is 1. The van der Waals surface area contributed by atoms with Gasteiger partial charge in [0.2, 0.25) is 0 Å². The molecule has 0 amide bonds. The average Bonchev–Trinajstić information content (AvgIpc) is 2.27. The molecule has 3 heteroatoms. The molecular formula is C13H15NO2. The van der Waals surface area contributed by atoms with Gasteiger partial charge in [0.1, 0.15) is 5.58 Å². The summed E-state index contributed by atoms with van der Waals surface area (Å²) in [5.74, 6) is 0. The van der Waals surface area contributed by atoms with E-state index in [0.29, 0.717) is 12.0 Å². The lowest BCUT2D eigenvalue weighted by atomic mass is 10.1. The zero-order valence-corrected chi connectivity index (χ0v) is 9.78. The molecule has 0 spiro atoms. The Morgan fingerprint density at radius 1 is 1.25 bits per heavy atom. The van der Waals surface area contributed by atoms with E-state index in [1.54, 1.807) is 0 Å². The number of fused-ring (bicyclic) bond motifs is 1. The van der Waals surface area contributed by atoms with Crippen LogP contribution in [0.25, 0.3) is 11.0 Å². The second-order valence-corrected chi connectivity index (χ2v) is 4.03. The lowest BCUT2D eigenvalue weighted by Crippen LogP contribution is -2.09. The normalized spacial score (nSPS) is 10.7. The van der Waals surface area contributed by atoms with Crippen molar-refractivity contribution in [3.8, 4) is 0 Å². The predicted octanol–water partition coefficient (Wildman–Crippen LogP) is 2.42. The fourth-order valence-corrected chi connectivity index (χ4v) is 1.67. The molecule has 0 atom stereocenters. The van der Waals surface area contributed by atoms with Crippen LogP contribution in [0.1, 0.15) is 12.5 Å². The zero-order chi connectivity index (χ0) is 11.7. The van der Waals surface area contributed by atoms with Gasteiger partial charge < -0.3 is 9.32 Å². The highest BCUT2D eigenvalue weighted by molar-refractivity contribution is 5.80. The molecule has 2 rings (SSSR count). The van der Waals surface area contributed by atoms with Crippen LogP contribution in [0.2, 0.25) is 0 Å². The smallest absolute Gasteiger partial charge is 0.339 e. The van der Waals surface area contributed by atoms with E-state index in [4.69, 9.17) is 4.42 Å². The molecule has 0 bridgehead atoms. The van der Waals surface area contributed by atoms with Crippen molar-refractivity contribution in [2.24, 2.45) is 0 Å². The topological polar surface area (TPSA) is 33.5 Å². The largest absolute Gasteiger partial charge is 0.422 e. The summed E-state index contributed by atoms with van der Waals surface area (Å²) in [6, 6.07) is 7.78. The fourth-order valence-electron chi connectivity index (χ4n) is 1.67. The Morgan fingerprint density at radius 2 is 2.00 bits per heavy atom. The monoisotopic (exact) mass is 217 g/mol. The highest BCUT2D eigenvalue weighted by atomic mass is 16.4. The standard InChI is InChI=1S/C13H15NO2/c1-4-9-7-10-5-6-11(14(2)3)8-12(10)16-13(9)15/h5-8H,4H2,1-3H3. The van der Waals surface area contributed by atoms with E-state index in [0.717, 1.165) is 16.6 Å². The first kappa shape index (κ1) is 10.7. The van der Waals surface area contributed by atoms with E-state index in [1.165, 1.54) is 0 Å². The lowest BCUT2D eigenvalue weighted by Gasteiger charge is -2.12. The van der Waals surface area contributed by atoms with Crippen molar-refractivity contribution < 1.29 is 4.42 Å². The third-order valence-corrected chi connectivity index (χ3v) is 2.69. The summed E-state index contributed by atoms with van der Waals surface area (Å²) in [5.41, 5.74) is 2.17. The molecule has 3 nitrogen and oxygen atoms in total. The van der Waals surface area contributed by atoms with E-state index in [2.05, 4.69) is 0 Å². The third-order valence-electron chi connectivity index (χ3n) is 2.69. The lowest BCUT2D eigenvalue weighted by molar-refractivity contribution is 0.551. The second kappa shape index (κ2) is 4.00. The second-order valence-electron chi connectivity index (χ2n) is 4.03. The highest BCUT2D eigenvalue weighted by Gasteiger charge is 2.04. The van der Waals surface area contributed by atoms with Crippen LogP contribution in [0.3, 0.4) is 0 Å². The van der Waals surface area contributed by atoms with Crippen LogP contribution in [0.15, 0.2) is 33.5 Å². The van der Waals surface area contributed by atoms with Crippen LogP contribution >= 0.6 is 0 Å². The first-order valence-electron chi connectivity index (χ1n) is 5.36. The van der Waals surface area contributed by atoms with Crippen molar-refractivity contribution in [2.45, 2.75) is 13.3 Å². The van der Waals surface area contributed by atoms with Gasteiger partial charge in [0, 0.05) is 36.8 Å². The van der Waals surface area contributed by atoms with Crippen molar-refractivity contribution in [1.29, 1.82) is 0 Å². The molecule has 0 unspecified atom stereocenters. The third kappa shape index (κ3) is 1.81. The molecule has 0 saturated carbocycles. The van der Waals surface area contributed by atoms with Gasteiger partial charge in [-0.3, -0.25) is 0 Å². The molecule has 0 saturated heterocycles. The van der Waals surface area contributed by atoms with Gasteiger partial charge in [0.15, 0.2) is 0 Å². The minimum Gasteiger partial charge on any atom is -0.422 e. The molecule has 16 heavy (non-hydrogen) atoms. The molecule has 1 heterocycles. The minimum atomic E-state index is -0.231. The summed E-state index contributed by atoms with van der Waals surface area (Å²) in [6.07, 6.45) is 0.702. The highest BCUT2D eigenvalue weighted by Crippen LogP contribution is 2.20. The number of hydrogen-bond donors (Lipinski definition) is 0. The summed E-state index contributed by atoms with van der Waals surface area (Å²) >= 11 is 0. The van der Waals surface area contributed by atoms with Gasteiger partial charge in [0.05, 0.1) is 0 Å². The molecular weight excluding hydrogens is 202 g/mol. The van der Waals surface area contributed by atoms with Crippen molar-refractivity contribution in [2.75, 3.05) is 19.0 Å². The molecule has 0 fully saturated rings. The summed E-state index contributed by atoms with van der Waals surface area (Å²) < 4.78 is 5.29. The number of aryl methyl sites for hydroxylation is 1. The summed E-state index contributed by atoms with van der Waals surface area (Å²) in [4.78, 5) is 13.5. The number of benzene rings is 1. The molecule has 0 aliphatic rings. The summed E-state index contributed by atoms with van der Waals surface area (Å²) in [7, 11) is 3.92. The van der Waals surface area contributed by atoms with Crippen molar-refractivity contribution in [1.82, 2.24) is 0 Å². The van der Waals surface area contributed by atoms with Gasteiger partial charge in [-0.05, 0) is 24.6 Å². The Kier molecular flexibility index (Phi) is 2.69. The minimum absolute atomic E-state index is 0.231. The van der Waals surface area contributed by atoms with Crippen LogP contribution in [-0.2, 0) is 6.42 Å². The van der Waals surface area contributed by atoms with E-state index in [1.807, 2.05) is 50.2 Å². The molecule has 84 valence electrons. The maximum Gasteiger partial charge on any atom is 0.339 e. The fraction of sp³-hybridized carbons (Fsp3) is 0.308. The number of hydrogen-bond acceptors (Lipinski definition) is 3. The molecule has 0 aliphatic heterocycles. The van der Waals surface area contributed by atoms with Gasteiger partial charge in [-0.2, -0.15) is 0 Å². The molecule has 0 radical (unpaired) electrons. The van der Waals surface area contributed by atoms with Crippen LogP contribution in [0, 0.1) is 0 Å². The van der Waals surface area contributed by atoms with Gasteiger partial charge in [-0.15, -0.1) is 0 Å². The Balaban J connectivity index is 2.67. The SMILES string of the molecule is CCc1cc2ccc(N(C)C)cc2oc1=O. The van der Waals surface area contributed by atoms with E-state index >= 15 is 0 Å². The van der Waals surface area contributed by atoms with Crippen molar-refractivity contribution in [3.05, 3.63) is 40.2 Å². The maximum absolute atomic E-state index is 11.6. The summed E-state index contributed by atoms with van der Waals surface area (Å²) in [6.45, 7) is 1.95. The van der Waals surface area contributed by atoms with Crippen LogP contribution < -0.4 is 10.5 Å². The van der Waals surface area contributed by atoms with Crippen LogP contribution in [0.4, 0.5) is 5.69 Å².